The lowest BCUT2D eigenvalue weighted by atomic mass is 10.1. The number of carbonyl (C=O) groups excluding carboxylic acids is 1. The number of rotatable bonds is 10. The van der Waals surface area contributed by atoms with Crippen LogP contribution in [0.5, 0.6) is 5.75 Å². The van der Waals surface area contributed by atoms with Crippen molar-refractivity contribution < 1.29 is 22.5 Å². The Morgan fingerprint density at radius 3 is 2.38 bits per heavy atom. The molecule has 0 atom stereocenters. The molecule has 0 saturated heterocycles. The third-order valence-electron chi connectivity index (χ3n) is 5.58. The fourth-order valence-corrected chi connectivity index (χ4v) is 4.76. The van der Waals surface area contributed by atoms with Crippen molar-refractivity contribution in [1.29, 1.82) is 0 Å². The molecule has 0 spiro atoms. The van der Waals surface area contributed by atoms with E-state index < -0.39 is 15.9 Å². The summed E-state index contributed by atoms with van der Waals surface area (Å²) in [7, 11) is -2.56. The molecule has 0 aliphatic rings. The third-order valence-corrected chi connectivity index (χ3v) is 7.00. The highest BCUT2D eigenvalue weighted by Crippen LogP contribution is 2.26. The molecular weight excluding hydrogens is 492 g/mol. The van der Waals surface area contributed by atoms with Gasteiger partial charge in [0.2, 0.25) is 15.9 Å². The molecule has 0 saturated carbocycles. The summed E-state index contributed by atoms with van der Waals surface area (Å²) < 4.78 is 39.1. The van der Waals surface area contributed by atoms with E-state index in [2.05, 4.69) is 20.2 Å². The number of anilines is 1. The Bertz CT molecular complexity index is 1470. The average molecular weight is 521 g/mol. The van der Waals surface area contributed by atoms with Gasteiger partial charge in [0.25, 0.3) is 5.91 Å². The van der Waals surface area contributed by atoms with Gasteiger partial charge in [-0.2, -0.15) is 4.98 Å². The zero-order chi connectivity index (χ0) is 26.4. The molecule has 1 aromatic heterocycles. The van der Waals surface area contributed by atoms with Crippen molar-refractivity contribution in [3.05, 3.63) is 101 Å². The van der Waals surface area contributed by atoms with Gasteiger partial charge in [0.1, 0.15) is 10.6 Å². The second-order valence-electron chi connectivity index (χ2n) is 8.71. The number of hydrogen-bond donors (Lipinski definition) is 2. The smallest absolute Gasteiger partial charge is 0.255 e. The minimum Gasteiger partial charge on any atom is -0.495 e. The average Bonchev–Trinajstić information content (AvgIpc) is 3.38. The molecule has 37 heavy (non-hydrogen) atoms. The number of benzene rings is 3. The quantitative estimate of drug-likeness (QED) is 0.315. The molecule has 0 fully saturated rings. The van der Waals surface area contributed by atoms with Crippen molar-refractivity contribution in [1.82, 2.24) is 14.9 Å². The maximum absolute atomic E-state index is 13.0. The van der Waals surface area contributed by atoms with Gasteiger partial charge in [0.15, 0.2) is 5.82 Å². The van der Waals surface area contributed by atoms with Gasteiger partial charge in [0, 0.05) is 30.1 Å². The first kappa shape index (κ1) is 26.1. The number of nitrogens with one attached hydrogen (secondary N) is 2. The van der Waals surface area contributed by atoms with E-state index in [1.54, 1.807) is 12.1 Å². The van der Waals surface area contributed by atoms with Gasteiger partial charge >= 0.3 is 0 Å². The van der Waals surface area contributed by atoms with Crippen LogP contribution in [0.2, 0.25) is 0 Å². The fourth-order valence-electron chi connectivity index (χ4n) is 3.55. The number of amides is 1. The van der Waals surface area contributed by atoms with Gasteiger partial charge in [-0.15, -0.1) is 0 Å². The van der Waals surface area contributed by atoms with Crippen LogP contribution in [-0.4, -0.2) is 31.6 Å². The van der Waals surface area contributed by atoms with Crippen LogP contribution in [0.15, 0.2) is 82.2 Å². The topological polar surface area (TPSA) is 123 Å². The van der Waals surface area contributed by atoms with E-state index in [-0.39, 0.29) is 28.7 Å². The number of carbonyl (C=O) groups is 1. The third kappa shape index (κ3) is 6.60. The maximum Gasteiger partial charge on any atom is 0.255 e. The van der Waals surface area contributed by atoms with Gasteiger partial charge in [-0.25, -0.2) is 13.1 Å². The predicted molar refractivity (Wildman–Crippen MR) is 139 cm³/mol. The SMILES string of the molecule is COc1ccc(C(=O)Nc2ccc(Cc3noc(C(C)C)n3)cc2)cc1S(=O)(=O)NCc1ccccc1. The minimum absolute atomic E-state index is 0.109. The highest BCUT2D eigenvalue weighted by atomic mass is 32.2. The van der Waals surface area contributed by atoms with Gasteiger partial charge < -0.3 is 14.6 Å². The second-order valence-corrected chi connectivity index (χ2v) is 10.4. The molecule has 4 rings (SSSR count). The lowest BCUT2D eigenvalue weighted by Gasteiger charge is -2.13. The van der Waals surface area contributed by atoms with Gasteiger partial charge in [-0.3, -0.25) is 4.79 Å². The van der Waals surface area contributed by atoms with Crippen LogP contribution < -0.4 is 14.8 Å². The maximum atomic E-state index is 13.0. The first-order valence-electron chi connectivity index (χ1n) is 11.7. The van der Waals surface area contributed by atoms with Gasteiger partial charge in [-0.05, 0) is 41.5 Å². The Balaban J connectivity index is 1.45. The molecule has 10 heteroatoms. The number of methoxy groups -OCH3 is 1. The van der Waals surface area contributed by atoms with Crippen molar-refractivity contribution in [3.63, 3.8) is 0 Å². The molecular formula is C27H28N4O5S. The van der Waals surface area contributed by atoms with Crippen LogP contribution in [0, 0.1) is 0 Å². The van der Waals surface area contributed by atoms with Crippen molar-refractivity contribution in [2.45, 2.75) is 37.6 Å². The lowest BCUT2D eigenvalue weighted by Crippen LogP contribution is -2.24. The van der Waals surface area contributed by atoms with E-state index in [9.17, 15) is 13.2 Å². The van der Waals surface area contributed by atoms with Crippen LogP contribution in [0.25, 0.3) is 0 Å². The van der Waals surface area contributed by atoms with E-state index in [0.717, 1.165) is 11.1 Å². The van der Waals surface area contributed by atoms with Crippen molar-refractivity contribution in [3.8, 4) is 5.75 Å². The summed E-state index contributed by atoms with van der Waals surface area (Å²) in [5.74, 6) is 1.04. The lowest BCUT2D eigenvalue weighted by molar-refractivity contribution is 0.102. The summed E-state index contributed by atoms with van der Waals surface area (Å²) in [4.78, 5) is 17.2. The van der Waals surface area contributed by atoms with E-state index in [4.69, 9.17) is 9.26 Å². The summed E-state index contributed by atoms with van der Waals surface area (Å²) >= 11 is 0. The molecule has 4 aromatic rings. The number of ether oxygens (including phenoxy) is 1. The summed E-state index contributed by atoms with van der Waals surface area (Å²) in [6, 6.07) is 20.7. The Kier molecular flexibility index (Phi) is 8.00. The molecule has 0 aliphatic heterocycles. The van der Waals surface area contributed by atoms with Gasteiger partial charge in [-0.1, -0.05) is 61.5 Å². The Morgan fingerprint density at radius 2 is 1.73 bits per heavy atom. The summed E-state index contributed by atoms with van der Waals surface area (Å²) in [6.07, 6.45) is 0.500. The molecule has 2 N–H and O–H groups in total. The largest absolute Gasteiger partial charge is 0.495 e. The monoisotopic (exact) mass is 520 g/mol. The van der Waals surface area contributed by atoms with Crippen LogP contribution in [-0.2, 0) is 23.0 Å². The van der Waals surface area contributed by atoms with Crippen molar-refractivity contribution in [2.75, 3.05) is 12.4 Å². The molecule has 0 bridgehead atoms. The standard InChI is InChI=1S/C27H28N4O5S/c1-18(2)27-30-25(31-36-27)15-19-9-12-22(13-10-19)29-26(32)21-11-14-23(35-3)24(16-21)37(33,34)28-17-20-7-5-4-6-8-20/h4-14,16,18,28H,15,17H2,1-3H3,(H,29,32). The van der Waals surface area contributed by atoms with Crippen LogP contribution in [0.1, 0.15) is 53.0 Å². The summed E-state index contributed by atoms with van der Waals surface area (Å²) in [5, 5.41) is 6.79. The predicted octanol–water partition coefficient (Wildman–Crippen LogP) is 4.52. The molecule has 9 nitrogen and oxygen atoms in total. The van der Waals surface area contributed by atoms with Crippen LogP contribution in [0.4, 0.5) is 5.69 Å². The Labute approximate surface area is 215 Å². The molecule has 3 aromatic carbocycles. The highest BCUT2D eigenvalue weighted by Gasteiger charge is 2.22. The zero-order valence-corrected chi connectivity index (χ0v) is 21.6. The van der Waals surface area contributed by atoms with E-state index in [1.807, 2.05) is 56.3 Å². The normalized spacial score (nSPS) is 11.5. The number of nitrogens with zero attached hydrogens (tertiary/aromatic N) is 2. The Hall–Kier alpha value is -4.02. The second kappa shape index (κ2) is 11.4. The zero-order valence-electron chi connectivity index (χ0n) is 20.8. The minimum atomic E-state index is -3.94. The molecule has 1 amide bonds. The molecule has 1 heterocycles. The molecule has 0 radical (unpaired) electrons. The summed E-state index contributed by atoms with van der Waals surface area (Å²) in [6.45, 7) is 4.08. The number of aromatic nitrogens is 2. The van der Waals surface area contributed by atoms with Crippen molar-refractivity contribution in [2.24, 2.45) is 0 Å². The highest BCUT2D eigenvalue weighted by molar-refractivity contribution is 7.89. The Morgan fingerprint density at radius 1 is 1.00 bits per heavy atom. The van der Waals surface area contributed by atoms with Crippen LogP contribution >= 0.6 is 0 Å². The summed E-state index contributed by atoms with van der Waals surface area (Å²) in [5.41, 5.74) is 2.50. The first-order valence-corrected chi connectivity index (χ1v) is 13.2. The van der Waals surface area contributed by atoms with Crippen molar-refractivity contribution >= 4 is 21.6 Å². The fraction of sp³-hybridized carbons (Fsp3) is 0.222. The van der Waals surface area contributed by atoms with Crippen LogP contribution in [0.3, 0.4) is 0 Å². The van der Waals surface area contributed by atoms with E-state index in [1.165, 1.54) is 25.3 Å². The number of hydrogen-bond acceptors (Lipinski definition) is 7. The molecule has 0 aliphatic carbocycles. The molecule has 192 valence electrons. The molecule has 0 unspecified atom stereocenters. The first-order chi connectivity index (χ1) is 17.7. The van der Waals surface area contributed by atoms with E-state index in [0.29, 0.717) is 23.8 Å². The van der Waals surface area contributed by atoms with Gasteiger partial charge in [0.05, 0.1) is 7.11 Å². The number of sulfonamides is 1. The van der Waals surface area contributed by atoms with E-state index >= 15 is 0 Å².